The molecule has 1 aromatic rings. The smallest absolute Gasteiger partial charge is 0.225 e. The van der Waals surface area contributed by atoms with Crippen molar-refractivity contribution in [2.45, 2.75) is 52.7 Å². The summed E-state index contributed by atoms with van der Waals surface area (Å²) in [5.41, 5.74) is 2.24. The summed E-state index contributed by atoms with van der Waals surface area (Å²) in [5.74, 6) is 0.845. The van der Waals surface area contributed by atoms with Gasteiger partial charge in [0.05, 0.1) is 6.10 Å². The second kappa shape index (κ2) is 8.29. The molecule has 5 heteroatoms. The summed E-state index contributed by atoms with van der Waals surface area (Å²) in [6, 6.07) is 0. The Balaban J connectivity index is 1.98. The van der Waals surface area contributed by atoms with E-state index in [-0.39, 0.29) is 0 Å². The Kier molecular flexibility index (Phi) is 6.39. The van der Waals surface area contributed by atoms with Crippen LogP contribution in [0.4, 0.5) is 5.95 Å². The van der Waals surface area contributed by atoms with Gasteiger partial charge in [0.15, 0.2) is 0 Å². The molecule has 1 saturated heterocycles. The highest BCUT2D eigenvalue weighted by Crippen LogP contribution is 2.19. The van der Waals surface area contributed by atoms with Crippen LogP contribution in [0, 0.1) is 6.92 Å². The standard InChI is InChI=1S/C16H28N4O/c1-4-9-21-15-7-6-8-20(12-15)16-18-11-14(10-17-5-2)13(3)19-16/h11,15,17H,4-10,12H2,1-3H3. The van der Waals surface area contributed by atoms with Crippen LogP contribution in [0.3, 0.4) is 0 Å². The summed E-state index contributed by atoms with van der Waals surface area (Å²) >= 11 is 0. The van der Waals surface area contributed by atoms with Gasteiger partial charge < -0.3 is 15.0 Å². The van der Waals surface area contributed by atoms with Crippen LogP contribution in [0.2, 0.25) is 0 Å². The third-order valence-electron chi connectivity index (χ3n) is 3.85. The van der Waals surface area contributed by atoms with E-state index in [1.54, 1.807) is 0 Å². The molecular weight excluding hydrogens is 264 g/mol. The molecular formula is C16H28N4O. The molecule has 1 fully saturated rings. The van der Waals surface area contributed by atoms with E-state index in [9.17, 15) is 0 Å². The molecule has 0 bridgehead atoms. The van der Waals surface area contributed by atoms with Crippen LogP contribution in [0.15, 0.2) is 6.20 Å². The Morgan fingerprint density at radius 1 is 1.43 bits per heavy atom. The van der Waals surface area contributed by atoms with Gasteiger partial charge in [-0.25, -0.2) is 9.97 Å². The number of aryl methyl sites for hydroxylation is 1. The molecule has 0 radical (unpaired) electrons. The summed E-state index contributed by atoms with van der Waals surface area (Å²) in [4.78, 5) is 11.5. The van der Waals surface area contributed by atoms with E-state index in [0.717, 1.165) is 63.7 Å². The molecule has 2 rings (SSSR count). The van der Waals surface area contributed by atoms with E-state index < -0.39 is 0 Å². The Bertz CT molecular complexity index is 438. The number of nitrogens with one attached hydrogen (secondary N) is 1. The maximum atomic E-state index is 5.88. The van der Waals surface area contributed by atoms with E-state index in [0.29, 0.717) is 6.10 Å². The number of nitrogens with zero attached hydrogens (tertiary/aromatic N) is 3. The summed E-state index contributed by atoms with van der Waals surface area (Å²) in [7, 11) is 0. The molecule has 0 spiro atoms. The Morgan fingerprint density at radius 3 is 3.00 bits per heavy atom. The summed E-state index contributed by atoms with van der Waals surface area (Å²) in [6.07, 6.45) is 5.65. The highest BCUT2D eigenvalue weighted by molar-refractivity contribution is 5.33. The van der Waals surface area contributed by atoms with Gasteiger partial charge in [0.2, 0.25) is 5.95 Å². The van der Waals surface area contributed by atoms with Gasteiger partial charge >= 0.3 is 0 Å². The largest absolute Gasteiger partial charge is 0.376 e. The first-order valence-corrected chi connectivity index (χ1v) is 8.14. The average Bonchev–Trinajstić information content (AvgIpc) is 2.52. The van der Waals surface area contributed by atoms with Gasteiger partial charge in [0.25, 0.3) is 0 Å². The lowest BCUT2D eigenvalue weighted by Crippen LogP contribution is -2.40. The minimum absolute atomic E-state index is 0.323. The van der Waals surface area contributed by atoms with Gasteiger partial charge in [-0.15, -0.1) is 0 Å². The van der Waals surface area contributed by atoms with Crippen molar-refractivity contribution in [2.75, 3.05) is 31.1 Å². The molecule has 0 aliphatic carbocycles. The Morgan fingerprint density at radius 2 is 2.29 bits per heavy atom. The zero-order chi connectivity index (χ0) is 15.1. The lowest BCUT2D eigenvalue weighted by Gasteiger charge is -2.32. The molecule has 1 aliphatic heterocycles. The zero-order valence-corrected chi connectivity index (χ0v) is 13.6. The van der Waals surface area contributed by atoms with Gasteiger partial charge in [-0.2, -0.15) is 0 Å². The molecule has 0 aromatic carbocycles. The number of ether oxygens (including phenoxy) is 1. The SMILES string of the molecule is CCCOC1CCCN(c2ncc(CNCC)c(C)n2)C1. The number of aromatic nitrogens is 2. The van der Waals surface area contributed by atoms with Gasteiger partial charge in [-0.05, 0) is 32.7 Å². The molecule has 1 aromatic heterocycles. The van der Waals surface area contributed by atoms with Crippen molar-refractivity contribution in [3.05, 3.63) is 17.5 Å². The number of rotatable bonds is 7. The summed E-state index contributed by atoms with van der Waals surface area (Å²) < 4.78 is 5.88. The fourth-order valence-electron chi connectivity index (χ4n) is 2.61. The van der Waals surface area contributed by atoms with Crippen molar-refractivity contribution < 1.29 is 4.74 Å². The second-order valence-corrected chi connectivity index (χ2v) is 5.64. The van der Waals surface area contributed by atoms with Crippen molar-refractivity contribution in [3.8, 4) is 0 Å². The monoisotopic (exact) mass is 292 g/mol. The van der Waals surface area contributed by atoms with E-state index >= 15 is 0 Å². The van der Waals surface area contributed by atoms with Crippen molar-refractivity contribution in [3.63, 3.8) is 0 Å². The van der Waals surface area contributed by atoms with Crippen LogP contribution in [-0.2, 0) is 11.3 Å². The van der Waals surface area contributed by atoms with E-state index in [4.69, 9.17) is 4.74 Å². The van der Waals surface area contributed by atoms with E-state index in [2.05, 4.69) is 41.0 Å². The van der Waals surface area contributed by atoms with Crippen molar-refractivity contribution in [1.82, 2.24) is 15.3 Å². The first-order valence-electron chi connectivity index (χ1n) is 8.14. The first kappa shape index (κ1) is 16.2. The molecule has 1 atom stereocenters. The number of anilines is 1. The van der Waals surface area contributed by atoms with E-state index in [1.807, 2.05) is 6.20 Å². The molecule has 0 saturated carbocycles. The fourth-order valence-corrected chi connectivity index (χ4v) is 2.61. The van der Waals surface area contributed by atoms with Crippen molar-refractivity contribution in [2.24, 2.45) is 0 Å². The highest BCUT2D eigenvalue weighted by atomic mass is 16.5. The van der Waals surface area contributed by atoms with E-state index in [1.165, 1.54) is 5.56 Å². The third-order valence-corrected chi connectivity index (χ3v) is 3.85. The average molecular weight is 292 g/mol. The first-order chi connectivity index (χ1) is 10.2. The van der Waals surface area contributed by atoms with Gasteiger partial charge in [0, 0.05) is 43.7 Å². The quantitative estimate of drug-likeness (QED) is 0.835. The Labute approximate surface area is 128 Å². The second-order valence-electron chi connectivity index (χ2n) is 5.64. The molecule has 2 heterocycles. The number of piperidine rings is 1. The predicted octanol–water partition coefficient (Wildman–Crippen LogP) is 2.29. The van der Waals surface area contributed by atoms with Crippen LogP contribution in [0.5, 0.6) is 0 Å². The van der Waals surface area contributed by atoms with Crippen molar-refractivity contribution >= 4 is 5.95 Å². The lowest BCUT2D eigenvalue weighted by molar-refractivity contribution is 0.0437. The molecule has 0 amide bonds. The lowest BCUT2D eigenvalue weighted by atomic mass is 10.1. The molecule has 1 N–H and O–H groups in total. The molecule has 5 nitrogen and oxygen atoms in total. The minimum atomic E-state index is 0.323. The molecule has 1 unspecified atom stereocenters. The number of hydrogen-bond acceptors (Lipinski definition) is 5. The minimum Gasteiger partial charge on any atom is -0.376 e. The molecule has 21 heavy (non-hydrogen) atoms. The highest BCUT2D eigenvalue weighted by Gasteiger charge is 2.22. The zero-order valence-electron chi connectivity index (χ0n) is 13.6. The van der Waals surface area contributed by atoms with Crippen LogP contribution in [0.25, 0.3) is 0 Å². The normalized spacial score (nSPS) is 19.0. The maximum Gasteiger partial charge on any atom is 0.225 e. The third kappa shape index (κ3) is 4.64. The van der Waals surface area contributed by atoms with Crippen LogP contribution < -0.4 is 10.2 Å². The summed E-state index contributed by atoms with van der Waals surface area (Å²) in [5, 5.41) is 3.32. The molecule has 118 valence electrons. The maximum absolute atomic E-state index is 5.88. The van der Waals surface area contributed by atoms with Gasteiger partial charge in [-0.1, -0.05) is 13.8 Å². The molecule has 1 aliphatic rings. The van der Waals surface area contributed by atoms with Gasteiger partial charge in [-0.3, -0.25) is 0 Å². The van der Waals surface area contributed by atoms with Gasteiger partial charge in [0.1, 0.15) is 0 Å². The van der Waals surface area contributed by atoms with Crippen LogP contribution in [-0.4, -0.2) is 42.3 Å². The van der Waals surface area contributed by atoms with Crippen molar-refractivity contribution in [1.29, 1.82) is 0 Å². The topological polar surface area (TPSA) is 50.3 Å². The fraction of sp³-hybridized carbons (Fsp3) is 0.750. The predicted molar refractivity (Wildman–Crippen MR) is 85.6 cm³/mol. The van der Waals surface area contributed by atoms with Crippen LogP contribution >= 0.6 is 0 Å². The summed E-state index contributed by atoms with van der Waals surface area (Å²) in [6.45, 7) is 10.9. The number of hydrogen-bond donors (Lipinski definition) is 1. The van der Waals surface area contributed by atoms with Crippen LogP contribution in [0.1, 0.15) is 44.4 Å². The Hall–Kier alpha value is -1.20.